The number of thiocarbonyl (C=S) groups is 1. The van der Waals surface area contributed by atoms with Crippen LogP contribution in [0.1, 0.15) is 18.4 Å². The van der Waals surface area contributed by atoms with Crippen molar-refractivity contribution in [1.82, 2.24) is 9.88 Å². The average molecular weight is 324 g/mol. The van der Waals surface area contributed by atoms with Crippen molar-refractivity contribution in [3.63, 3.8) is 0 Å². The third-order valence-corrected chi connectivity index (χ3v) is 4.43. The normalized spacial score (nSPS) is 15.3. The van der Waals surface area contributed by atoms with Gasteiger partial charge in [0.15, 0.2) is 9.91 Å². The minimum atomic E-state index is 0.531. The van der Waals surface area contributed by atoms with Gasteiger partial charge in [-0.2, -0.15) is 4.99 Å². The van der Waals surface area contributed by atoms with Crippen molar-refractivity contribution in [1.29, 1.82) is 0 Å². The van der Waals surface area contributed by atoms with Crippen molar-refractivity contribution >= 4 is 40.3 Å². The van der Waals surface area contributed by atoms with Gasteiger partial charge in [-0.25, -0.2) is 0 Å². The summed E-state index contributed by atoms with van der Waals surface area (Å²) in [6, 6.07) is 8.38. The van der Waals surface area contributed by atoms with Crippen LogP contribution in [0, 0.1) is 0 Å². The lowest BCUT2D eigenvalue weighted by atomic mass is 10.2. The highest BCUT2D eigenvalue weighted by Gasteiger charge is 2.21. The summed E-state index contributed by atoms with van der Waals surface area (Å²) in [6.07, 6.45) is 4.39. The lowest BCUT2D eigenvalue weighted by Gasteiger charge is -2.06. The molecule has 0 radical (unpaired) electrons. The first-order chi connectivity index (χ1) is 9.72. The summed E-state index contributed by atoms with van der Waals surface area (Å²) in [4.78, 5) is 5.38. The third-order valence-electron chi connectivity index (χ3n) is 3.06. The molecule has 1 heterocycles. The summed E-state index contributed by atoms with van der Waals surface area (Å²) < 4.78 is 2.06. The van der Waals surface area contributed by atoms with Crippen molar-refractivity contribution in [3.05, 3.63) is 51.2 Å². The molecule has 1 aromatic carbocycles. The number of rotatable bonds is 3. The number of nitrogens with one attached hydrogen (secondary N) is 1. The lowest BCUT2D eigenvalue weighted by Crippen LogP contribution is -2.25. The fourth-order valence-corrected chi connectivity index (χ4v) is 3.08. The van der Waals surface area contributed by atoms with Crippen LogP contribution in [0.4, 0.5) is 0 Å². The molecule has 1 fully saturated rings. The number of halogens is 1. The maximum absolute atomic E-state index is 6.20. The Balaban J connectivity index is 1.81. The number of hydrogen-bond donors (Lipinski definition) is 1. The Morgan fingerprint density at radius 1 is 1.45 bits per heavy atom. The summed E-state index contributed by atoms with van der Waals surface area (Å²) in [7, 11) is 0. The van der Waals surface area contributed by atoms with Crippen LogP contribution in [0.3, 0.4) is 0 Å². The number of benzene rings is 1. The molecule has 0 atom stereocenters. The molecule has 0 amide bonds. The van der Waals surface area contributed by atoms with Crippen molar-refractivity contribution in [2.45, 2.75) is 25.4 Å². The summed E-state index contributed by atoms with van der Waals surface area (Å²) in [5.41, 5.74) is 1.08. The highest BCUT2D eigenvalue weighted by molar-refractivity contribution is 7.80. The van der Waals surface area contributed by atoms with Crippen molar-refractivity contribution in [2.24, 2.45) is 4.99 Å². The molecule has 3 rings (SSSR count). The Morgan fingerprint density at radius 3 is 3.00 bits per heavy atom. The number of hydrogen-bond acceptors (Lipinski definition) is 2. The topological polar surface area (TPSA) is 29.3 Å². The maximum Gasteiger partial charge on any atom is 0.195 e. The standard InChI is InChI=1S/C14H14ClN3S2/c15-12-4-2-1-3-10(12)9-18-7-8-20-14(18)17-13(19)16-11-5-6-11/h1-4,7-8,11H,5-6,9H2,(H,16,19)/b17-14+. The Kier molecular flexibility index (Phi) is 4.19. The minimum absolute atomic E-state index is 0.531. The van der Waals surface area contributed by atoms with Gasteiger partial charge >= 0.3 is 0 Å². The Labute approximate surface area is 131 Å². The second-order valence-electron chi connectivity index (χ2n) is 4.74. The third kappa shape index (κ3) is 3.48. The van der Waals surface area contributed by atoms with Crippen molar-refractivity contribution < 1.29 is 0 Å². The van der Waals surface area contributed by atoms with Crippen LogP contribution in [0.15, 0.2) is 40.8 Å². The van der Waals surface area contributed by atoms with Crippen LogP contribution in [0.25, 0.3) is 0 Å². The van der Waals surface area contributed by atoms with Gasteiger partial charge in [0.25, 0.3) is 0 Å². The molecule has 6 heteroatoms. The molecular formula is C14H14ClN3S2. The van der Waals surface area contributed by atoms with Gasteiger partial charge in [0.1, 0.15) is 0 Å². The van der Waals surface area contributed by atoms with Crippen LogP contribution < -0.4 is 10.1 Å². The minimum Gasteiger partial charge on any atom is -0.358 e. The molecule has 2 aromatic rings. The molecular weight excluding hydrogens is 310 g/mol. The molecule has 1 aromatic heterocycles. The zero-order chi connectivity index (χ0) is 13.9. The predicted octanol–water partition coefficient (Wildman–Crippen LogP) is 3.19. The molecule has 0 bridgehead atoms. The van der Waals surface area contributed by atoms with E-state index >= 15 is 0 Å². The Bertz CT molecular complexity index is 685. The van der Waals surface area contributed by atoms with Gasteiger partial charge in [0.2, 0.25) is 0 Å². The van der Waals surface area contributed by atoms with Crippen LogP contribution in [-0.2, 0) is 6.54 Å². The quantitative estimate of drug-likeness (QED) is 0.879. The summed E-state index contributed by atoms with van der Waals surface area (Å²) >= 11 is 13.0. The second kappa shape index (κ2) is 6.08. The van der Waals surface area contributed by atoms with Gasteiger partial charge in [-0.05, 0) is 36.7 Å². The molecule has 1 aliphatic carbocycles. The lowest BCUT2D eigenvalue weighted by molar-refractivity contribution is 0.769. The second-order valence-corrected chi connectivity index (χ2v) is 6.41. The van der Waals surface area contributed by atoms with E-state index in [4.69, 9.17) is 23.8 Å². The molecule has 20 heavy (non-hydrogen) atoms. The number of aromatic nitrogens is 1. The van der Waals surface area contributed by atoms with E-state index in [1.54, 1.807) is 11.3 Å². The number of thiazole rings is 1. The zero-order valence-corrected chi connectivity index (χ0v) is 13.1. The zero-order valence-electron chi connectivity index (χ0n) is 10.8. The molecule has 0 aliphatic heterocycles. The molecule has 1 saturated carbocycles. The van der Waals surface area contributed by atoms with Gasteiger partial charge < -0.3 is 9.88 Å². The van der Waals surface area contributed by atoms with Gasteiger partial charge in [-0.3, -0.25) is 0 Å². The first-order valence-electron chi connectivity index (χ1n) is 6.45. The van der Waals surface area contributed by atoms with E-state index in [9.17, 15) is 0 Å². The molecule has 0 saturated heterocycles. The van der Waals surface area contributed by atoms with Gasteiger partial charge in [-0.1, -0.05) is 29.8 Å². The Morgan fingerprint density at radius 2 is 2.25 bits per heavy atom. The first kappa shape index (κ1) is 13.8. The van der Waals surface area contributed by atoms with Crippen LogP contribution in [0.2, 0.25) is 5.02 Å². The van der Waals surface area contributed by atoms with E-state index in [0.29, 0.717) is 17.7 Å². The monoisotopic (exact) mass is 323 g/mol. The molecule has 1 N–H and O–H groups in total. The van der Waals surface area contributed by atoms with E-state index in [1.165, 1.54) is 12.8 Å². The molecule has 104 valence electrons. The SMILES string of the molecule is S=C(/N=c1/sccn1Cc1ccccc1Cl)NC1CC1. The summed E-state index contributed by atoms with van der Waals surface area (Å²) in [6.45, 7) is 0.702. The van der Waals surface area contributed by atoms with E-state index in [1.807, 2.05) is 35.8 Å². The Hall–Kier alpha value is -1.17. The van der Waals surface area contributed by atoms with Gasteiger partial charge in [0.05, 0.1) is 6.54 Å². The molecule has 1 aliphatic rings. The average Bonchev–Trinajstić information content (AvgIpc) is 3.13. The smallest absolute Gasteiger partial charge is 0.195 e. The fraction of sp³-hybridized carbons (Fsp3) is 0.286. The molecule has 3 nitrogen and oxygen atoms in total. The highest BCUT2D eigenvalue weighted by Crippen LogP contribution is 2.18. The van der Waals surface area contributed by atoms with E-state index in [2.05, 4.69) is 14.9 Å². The van der Waals surface area contributed by atoms with Crippen molar-refractivity contribution in [2.75, 3.05) is 0 Å². The van der Waals surface area contributed by atoms with Crippen LogP contribution >= 0.6 is 35.2 Å². The fourth-order valence-electron chi connectivity index (χ4n) is 1.84. The van der Waals surface area contributed by atoms with Crippen LogP contribution in [0.5, 0.6) is 0 Å². The summed E-state index contributed by atoms with van der Waals surface area (Å²) in [5.74, 6) is 0. The van der Waals surface area contributed by atoms with Gasteiger partial charge in [0, 0.05) is 22.6 Å². The highest BCUT2D eigenvalue weighted by atomic mass is 35.5. The van der Waals surface area contributed by atoms with E-state index in [-0.39, 0.29) is 0 Å². The van der Waals surface area contributed by atoms with E-state index in [0.717, 1.165) is 15.4 Å². The van der Waals surface area contributed by atoms with Crippen molar-refractivity contribution in [3.8, 4) is 0 Å². The molecule has 0 spiro atoms. The maximum atomic E-state index is 6.20. The number of nitrogens with zero attached hydrogens (tertiary/aromatic N) is 2. The van der Waals surface area contributed by atoms with E-state index < -0.39 is 0 Å². The predicted molar refractivity (Wildman–Crippen MR) is 87.2 cm³/mol. The molecule has 0 unspecified atom stereocenters. The summed E-state index contributed by atoms with van der Waals surface area (Å²) in [5, 5.41) is 6.58. The first-order valence-corrected chi connectivity index (χ1v) is 8.11. The van der Waals surface area contributed by atoms with Crippen LogP contribution in [-0.4, -0.2) is 15.7 Å². The van der Waals surface area contributed by atoms with Gasteiger partial charge in [-0.15, -0.1) is 11.3 Å². The largest absolute Gasteiger partial charge is 0.358 e.